The van der Waals surface area contributed by atoms with Crippen LogP contribution in [0.25, 0.3) is 0 Å². The third-order valence-corrected chi connectivity index (χ3v) is 3.52. The quantitative estimate of drug-likeness (QED) is 0.0391. The van der Waals surface area contributed by atoms with Crippen LogP contribution in [0.3, 0.4) is 0 Å². The second kappa shape index (κ2) is 19.0. The van der Waals surface area contributed by atoms with E-state index in [4.69, 9.17) is 14.7 Å². The molecule has 4 amide bonds. The Morgan fingerprint density at radius 3 is 1.86 bits per heavy atom. The summed E-state index contributed by atoms with van der Waals surface area (Å²) in [6.07, 6.45) is 1.95. The van der Waals surface area contributed by atoms with E-state index in [1.54, 1.807) is 0 Å². The Morgan fingerprint density at radius 1 is 0.865 bits per heavy atom. The molecule has 0 aromatic rings. The number of esters is 2. The summed E-state index contributed by atoms with van der Waals surface area (Å²) in [5, 5.41) is 13.2. The van der Waals surface area contributed by atoms with Crippen molar-refractivity contribution in [1.29, 1.82) is 5.26 Å². The van der Waals surface area contributed by atoms with Gasteiger partial charge in [0.15, 0.2) is 6.73 Å². The number of nitrogens with zero attached hydrogens (tertiary/aromatic N) is 4. The zero-order valence-electron chi connectivity index (χ0n) is 19.5. The lowest BCUT2D eigenvalue weighted by Crippen LogP contribution is -2.50. The molecule has 0 rings (SSSR count). The van der Waals surface area contributed by atoms with Gasteiger partial charge in [-0.2, -0.15) is 15.2 Å². The first-order valence-electron chi connectivity index (χ1n) is 9.93. The van der Waals surface area contributed by atoms with Crippen LogP contribution in [-0.2, 0) is 38.1 Å². The van der Waals surface area contributed by atoms with Gasteiger partial charge < -0.3 is 34.3 Å². The molecule has 0 heterocycles. The van der Waals surface area contributed by atoms with Crippen LogP contribution in [0.1, 0.15) is 0 Å². The number of imide groups is 1. The van der Waals surface area contributed by atoms with Crippen LogP contribution >= 0.6 is 0 Å². The van der Waals surface area contributed by atoms with Crippen molar-refractivity contribution in [2.75, 3.05) is 46.5 Å². The number of hydrogen-bond donors (Lipinski definition) is 2. The van der Waals surface area contributed by atoms with E-state index in [1.807, 2.05) is 0 Å². The molecule has 17 heteroatoms. The molecule has 37 heavy (non-hydrogen) atoms. The lowest BCUT2D eigenvalue weighted by atomic mass is 10.6. The molecule has 0 aromatic carbocycles. The SMILES string of the molecule is C=CC(=O)OCCOC(=O)N(CNC(=O)N(COC#N)C(=O)OCCOC(=O)C=C)C(=C)NCN=C=O. The fourth-order valence-electron chi connectivity index (χ4n) is 1.87. The number of carbonyl (C=O) groups excluding carboxylic acids is 6. The Bertz CT molecular complexity index is 955. The van der Waals surface area contributed by atoms with Gasteiger partial charge in [-0.15, -0.1) is 0 Å². The second-order valence-corrected chi connectivity index (χ2v) is 5.86. The number of hydrogen-bond acceptors (Lipinski definition) is 14. The lowest BCUT2D eigenvalue weighted by molar-refractivity contribution is -0.139. The number of rotatable bonds is 16. The minimum Gasteiger partial charge on any atom is -0.459 e. The predicted molar refractivity (Wildman–Crippen MR) is 119 cm³/mol. The molecular weight excluding hydrogens is 500 g/mol. The maximum atomic E-state index is 12.5. The zero-order valence-corrected chi connectivity index (χ0v) is 19.5. The summed E-state index contributed by atoms with van der Waals surface area (Å²) in [5.74, 6) is -1.71. The molecule has 0 aliphatic heterocycles. The topological polar surface area (TPSA) is 215 Å². The molecule has 200 valence electrons. The minimum atomic E-state index is -1.28. The summed E-state index contributed by atoms with van der Waals surface area (Å²) >= 11 is 0. The van der Waals surface area contributed by atoms with Gasteiger partial charge in [-0.25, -0.2) is 33.7 Å². The van der Waals surface area contributed by atoms with Gasteiger partial charge >= 0.3 is 30.2 Å². The van der Waals surface area contributed by atoms with Gasteiger partial charge in [-0.1, -0.05) is 19.7 Å². The van der Waals surface area contributed by atoms with E-state index >= 15 is 0 Å². The number of carbonyl (C=O) groups is 5. The maximum Gasteiger partial charge on any atom is 0.420 e. The Morgan fingerprint density at radius 2 is 1.38 bits per heavy atom. The van der Waals surface area contributed by atoms with Crippen molar-refractivity contribution in [2.24, 2.45) is 4.99 Å². The molecule has 0 aromatic heterocycles. The minimum absolute atomic E-state index is 0.196. The molecular formula is C20H24N6O11. The van der Waals surface area contributed by atoms with Crippen LogP contribution in [0.4, 0.5) is 14.4 Å². The van der Waals surface area contributed by atoms with E-state index in [2.05, 4.69) is 49.6 Å². The first-order valence-corrected chi connectivity index (χ1v) is 9.93. The normalized spacial score (nSPS) is 9.05. The third-order valence-electron chi connectivity index (χ3n) is 3.52. The van der Waals surface area contributed by atoms with Crippen molar-refractivity contribution >= 4 is 36.2 Å². The Balaban J connectivity index is 5.20. The number of nitrogens with one attached hydrogen (secondary N) is 2. The van der Waals surface area contributed by atoms with Gasteiger partial charge in [0, 0.05) is 12.2 Å². The van der Waals surface area contributed by atoms with E-state index < -0.39 is 50.2 Å². The predicted octanol–water partition coefficient (Wildman–Crippen LogP) is -0.202. The number of nitriles is 1. The van der Waals surface area contributed by atoms with E-state index in [0.717, 1.165) is 17.1 Å². The fourth-order valence-corrected chi connectivity index (χ4v) is 1.87. The zero-order chi connectivity index (χ0) is 28.1. The highest BCUT2D eigenvalue weighted by Crippen LogP contribution is 2.03. The van der Waals surface area contributed by atoms with Crippen LogP contribution in [-0.4, -0.2) is 92.5 Å². The van der Waals surface area contributed by atoms with Crippen molar-refractivity contribution in [3.8, 4) is 6.26 Å². The molecule has 0 spiro atoms. The number of isocyanates is 1. The van der Waals surface area contributed by atoms with Crippen molar-refractivity contribution < 1.29 is 52.5 Å². The molecule has 0 saturated heterocycles. The Labute approximate surface area is 210 Å². The molecule has 2 N–H and O–H groups in total. The highest BCUT2D eigenvalue weighted by molar-refractivity contribution is 5.91. The average molecular weight is 524 g/mol. The standard InChI is InChI=1S/C20H24N6O11/c1-4-16(28)34-6-8-36-19(31)25(15(3)23-11-22-13-27)12-24-18(30)26(14-33-10-21)20(32)37-9-7-35-17(29)5-2/h4-5,23H,1-3,6-9,11-12,14H2,(H,24,30). The first-order chi connectivity index (χ1) is 17.7. The Kier molecular flexibility index (Phi) is 16.2. The summed E-state index contributed by atoms with van der Waals surface area (Å²) in [6, 6.07) is -1.18. The van der Waals surface area contributed by atoms with Gasteiger partial charge in [-0.3, -0.25) is 0 Å². The molecule has 0 saturated carbocycles. The number of ether oxygens (including phenoxy) is 5. The summed E-state index contributed by atoms with van der Waals surface area (Å²) in [7, 11) is 0. The van der Waals surface area contributed by atoms with Crippen LogP contribution < -0.4 is 10.6 Å². The average Bonchev–Trinajstić information content (AvgIpc) is 2.89. The smallest absolute Gasteiger partial charge is 0.420 e. The first kappa shape index (κ1) is 31.6. The highest BCUT2D eigenvalue weighted by atomic mass is 16.6. The van der Waals surface area contributed by atoms with E-state index in [1.165, 1.54) is 12.3 Å². The molecule has 0 bridgehead atoms. The number of amides is 4. The molecule has 0 unspecified atom stereocenters. The molecule has 17 nitrogen and oxygen atoms in total. The van der Waals surface area contributed by atoms with E-state index in [-0.39, 0.29) is 32.3 Å². The van der Waals surface area contributed by atoms with Crippen molar-refractivity contribution in [3.63, 3.8) is 0 Å². The summed E-state index contributed by atoms with van der Waals surface area (Å²) in [4.78, 5) is 73.7. The third kappa shape index (κ3) is 13.8. The summed E-state index contributed by atoms with van der Waals surface area (Å²) < 4.78 is 23.4. The van der Waals surface area contributed by atoms with Crippen LogP contribution in [0.2, 0.25) is 0 Å². The number of aliphatic imine (C=N–C) groups is 1. The van der Waals surface area contributed by atoms with Gasteiger partial charge in [0.25, 0.3) is 6.26 Å². The highest BCUT2D eigenvalue weighted by Gasteiger charge is 2.26. The molecule has 0 atom stereocenters. The van der Waals surface area contributed by atoms with Gasteiger partial charge in [0.2, 0.25) is 6.08 Å². The molecule has 0 aliphatic rings. The largest absolute Gasteiger partial charge is 0.459 e. The fraction of sp³-hybridized carbons (Fsp3) is 0.350. The maximum absolute atomic E-state index is 12.5. The summed E-state index contributed by atoms with van der Waals surface area (Å²) in [6.45, 7) is 6.61. The van der Waals surface area contributed by atoms with Crippen LogP contribution in [0.5, 0.6) is 0 Å². The lowest BCUT2D eigenvalue weighted by Gasteiger charge is -2.26. The van der Waals surface area contributed by atoms with Crippen molar-refractivity contribution in [3.05, 3.63) is 37.7 Å². The van der Waals surface area contributed by atoms with Crippen molar-refractivity contribution in [2.45, 2.75) is 0 Å². The van der Waals surface area contributed by atoms with E-state index in [0.29, 0.717) is 4.90 Å². The number of urea groups is 1. The van der Waals surface area contributed by atoms with E-state index in [9.17, 15) is 28.8 Å². The molecule has 0 fully saturated rings. The van der Waals surface area contributed by atoms with Crippen molar-refractivity contribution in [1.82, 2.24) is 20.4 Å². The Hall–Kier alpha value is -5.36. The molecule has 0 radical (unpaired) electrons. The second-order valence-electron chi connectivity index (χ2n) is 5.86. The summed E-state index contributed by atoms with van der Waals surface area (Å²) in [5.41, 5.74) is 0. The van der Waals surface area contributed by atoms with Gasteiger partial charge in [-0.05, 0) is 0 Å². The monoisotopic (exact) mass is 524 g/mol. The van der Waals surface area contributed by atoms with Gasteiger partial charge in [0.1, 0.15) is 45.6 Å². The molecule has 0 aliphatic carbocycles. The van der Waals surface area contributed by atoms with Crippen LogP contribution in [0.15, 0.2) is 42.7 Å². The van der Waals surface area contributed by atoms with Crippen LogP contribution in [0, 0.1) is 11.5 Å². The van der Waals surface area contributed by atoms with Gasteiger partial charge in [0.05, 0.1) is 0 Å².